The Morgan fingerprint density at radius 1 is 0.732 bits per heavy atom. The molecule has 0 aromatic rings. The van der Waals surface area contributed by atoms with Crippen LogP contribution < -0.4 is 10.6 Å². The molecule has 0 amide bonds. The van der Waals surface area contributed by atoms with Crippen molar-refractivity contribution in [1.82, 2.24) is 0 Å². The molecule has 0 rings (SSSR count). The molecule has 41 heavy (non-hydrogen) atoms. The molecular weight excluding hydrogens is 547 g/mol. The van der Waals surface area contributed by atoms with Crippen LogP contribution >= 0.6 is 7.82 Å². The van der Waals surface area contributed by atoms with E-state index in [9.17, 15) is 19.0 Å². The normalized spacial score (nSPS) is 14.0. The Hall–Kier alpha value is -1.03. The van der Waals surface area contributed by atoms with Gasteiger partial charge in [0.05, 0.1) is 27.7 Å². The number of likely N-dealkylation sites (N-methyl/N-ethyl adjacent to an activating group) is 1. The van der Waals surface area contributed by atoms with E-state index in [1.54, 1.807) is 0 Å². The first-order chi connectivity index (χ1) is 19.5. The fraction of sp³-hybridized carbons (Fsp3) is 0.933. The molecule has 0 aliphatic heterocycles. The largest absolute Gasteiger partial charge is 0.756 e. The summed E-state index contributed by atoms with van der Waals surface area (Å²) in [5.74, 6) is -0.971. The number of ether oxygens (including phenoxy) is 2. The minimum absolute atomic E-state index is 0.0422. The maximum Gasteiger partial charge on any atom is 0.306 e. The highest BCUT2D eigenvalue weighted by atomic mass is 31.2. The molecule has 10 nitrogen and oxygen atoms in total. The van der Waals surface area contributed by atoms with E-state index in [2.05, 4.69) is 6.92 Å². The summed E-state index contributed by atoms with van der Waals surface area (Å²) >= 11 is 0. The first kappa shape index (κ1) is 40.0. The lowest BCUT2D eigenvalue weighted by atomic mass is 10.0. The standard InChI is InChI=1S/C30H61N2O8P/c1-5-6-7-8-9-10-11-12-13-14-15-16-17-18-19-21-29(33)37-26-28(40-30(34)22-20-23-31)27-39-41(35,36)38-25-24-32(2,3)4/h28H,5-27,31H2,1-4H3/t28-/m1/s1. The number of hydrogen-bond donors (Lipinski definition) is 1. The van der Waals surface area contributed by atoms with Crippen LogP contribution in [0.3, 0.4) is 0 Å². The number of unbranched alkanes of at least 4 members (excludes halogenated alkanes) is 14. The van der Waals surface area contributed by atoms with Crippen molar-refractivity contribution in [2.24, 2.45) is 5.73 Å². The van der Waals surface area contributed by atoms with E-state index in [1.807, 2.05) is 21.1 Å². The Morgan fingerprint density at radius 3 is 1.71 bits per heavy atom. The lowest BCUT2D eigenvalue weighted by Gasteiger charge is -2.28. The summed E-state index contributed by atoms with van der Waals surface area (Å²) in [7, 11) is 1.12. The molecule has 2 atom stereocenters. The van der Waals surface area contributed by atoms with Gasteiger partial charge in [-0.15, -0.1) is 0 Å². The molecule has 0 aliphatic carbocycles. The smallest absolute Gasteiger partial charge is 0.306 e. The minimum atomic E-state index is -4.60. The van der Waals surface area contributed by atoms with Crippen molar-refractivity contribution in [1.29, 1.82) is 0 Å². The van der Waals surface area contributed by atoms with E-state index in [4.69, 9.17) is 24.3 Å². The zero-order valence-electron chi connectivity index (χ0n) is 26.6. The van der Waals surface area contributed by atoms with Gasteiger partial charge < -0.3 is 33.6 Å². The van der Waals surface area contributed by atoms with Crippen LogP contribution in [0.15, 0.2) is 0 Å². The third kappa shape index (κ3) is 28.8. The van der Waals surface area contributed by atoms with Crippen molar-refractivity contribution in [3.8, 4) is 0 Å². The van der Waals surface area contributed by atoms with Crippen LogP contribution in [0.25, 0.3) is 0 Å². The van der Waals surface area contributed by atoms with Crippen molar-refractivity contribution in [2.45, 2.75) is 129 Å². The van der Waals surface area contributed by atoms with E-state index >= 15 is 0 Å². The van der Waals surface area contributed by atoms with Gasteiger partial charge in [-0.25, -0.2) is 0 Å². The number of quaternary nitrogens is 1. The zero-order valence-corrected chi connectivity index (χ0v) is 27.5. The van der Waals surface area contributed by atoms with Gasteiger partial charge in [-0.3, -0.25) is 14.2 Å². The lowest BCUT2D eigenvalue weighted by Crippen LogP contribution is -2.37. The average molecular weight is 609 g/mol. The number of phosphoric acid groups is 1. The van der Waals surface area contributed by atoms with Crippen LogP contribution in [0.1, 0.15) is 122 Å². The summed E-state index contributed by atoms with van der Waals surface area (Å²) in [6.07, 6.45) is 18.4. The van der Waals surface area contributed by atoms with Gasteiger partial charge in [-0.2, -0.15) is 0 Å². The minimum Gasteiger partial charge on any atom is -0.756 e. The number of nitrogens with zero attached hydrogens (tertiary/aromatic N) is 1. The van der Waals surface area contributed by atoms with E-state index < -0.39 is 32.5 Å². The average Bonchev–Trinajstić information content (AvgIpc) is 2.90. The molecule has 244 valence electrons. The molecule has 11 heteroatoms. The summed E-state index contributed by atoms with van der Waals surface area (Å²) in [5, 5.41) is 0. The molecule has 0 radical (unpaired) electrons. The number of phosphoric ester groups is 1. The molecule has 1 unspecified atom stereocenters. The predicted molar refractivity (Wildman–Crippen MR) is 161 cm³/mol. The van der Waals surface area contributed by atoms with Crippen molar-refractivity contribution in [2.75, 3.05) is 54.1 Å². The molecule has 0 heterocycles. The molecule has 2 N–H and O–H groups in total. The monoisotopic (exact) mass is 608 g/mol. The molecule has 0 bridgehead atoms. The number of carbonyl (C=O) groups excluding carboxylic acids is 2. The number of carbonyl (C=O) groups is 2. The second-order valence-corrected chi connectivity index (χ2v) is 13.4. The van der Waals surface area contributed by atoms with Gasteiger partial charge in [0.2, 0.25) is 0 Å². The summed E-state index contributed by atoms with van der Waals surface area (Å²) in [6, 6.07) is 0. The van der Waals surface area contributed by atoms with Crippen LogP contribution in [0.4, 0.5) is 0 Å². The highest BCUT2D eigenvalue weighted by Crippen LogP contribution is 2.38. The Bertz CT molecular complexity index is 702. The topological polar surface area (TPSA) is 137 Å². The second-order valence-electron chi connectivity index (χ2n) is 12.0. The van der Waals surface area contributed by atoms with Crippen molar-refractivity contribution < 1.29 is 42.1 Å². The number of rotatable bonds is 29. The van der Waals surface area contributed by atoms with Crippen molar-refractivity contribution in [3.63, 3.8) is 0 Å². The molecular formula is C30H61N2O8P. The fourth-order valence-corrected chi connectivity index (χ4v) is 4.87. The number of nitrogens with two attached hydrogens (primary N) is 1. The van der Waals surface area contributed by atoms with E-state index in [0.717, 1.165) is 19.3 Å². The summed E-state index contributed by atoms with van der Waals surface area (Å²) in [4.78, 5) is 36.3. The molecule has 0 fully saturated rings. The molecule has 0 saturated heterocycles. The van der Waals surface area contributed by atoms with Crippen molar-refractivity contribution >= 4 is 19.8 Å². The quantitative estimate of drug-likeness (QED) is 0.0494. The van der Waals surface area contributed by atoms with Crippen LogP contribution in [0, 0.1) is 0 Å². The van der Waals surface area contributed by atoms with Crippen LogP contribution in [0.2, 0.25) is 0 Å². The lowest BCUT2D eigenvalue weighted by molar-refractivity contribution is -0.870. The van der Waals surface area contributed by atoms with Crippen LogP contribution in [-0.4, -0.2) is 76.6 Å². The van der Waals surface area contributed by atoms with E-state index in [-0.39, 0.29) is 26.1 Å². The zero-order chi connectivity index (χ0) is 30.8. The fourth-order valence-electron chi connectivity index (χ4n) is 4.14. The summed E-state index contributed by atoms with van der Waals surface area (Å²) in [6.45, 7) is 2.21. The Balaban J connectivity index is 4.12. The Kier molecular flexibility index (Phi) is 24.8. The third-order valence-corrected chi connectivity index (χ3v) is 7.69. The van der Waals surface area contributed by atoms with Gasteiger partial charge in [0.15, 0.2) is 6.10 Å². The van der Waals surface area contributed by atoms with Gasteiger partial charge in [0.1, 0.15) is 19.8 Å². The summed E-state index contributed by atoms with van der Waals surface area (Å²) in [5.41, 5.74) is 5.43. The maximum absolute atomic E-state index is 12.2. The van der Waals surface area contributed by atoms with E-state index in [0.29, 0.717) is 24.0 Å². The van der Waals surface area contributed by atoms with Crippen LogP contribution in [-0.2, 0) is 32.7 Å². The van der Waals surface area contributed by atoms with Gasteiger partial charge in [0.25, 0.3) is 7.82 Å². The second kappa shape index (κ2) is 25.5. The highest BCUT2D eigenvalue weighted by Gasteiger charge is 2.21. The molecule has 0 aromatic heterocycles. The summed E-state index contributed by atoms with van der Waals surface area (Å²) < 4.78 is 33.0. The van der Waals surface area contributed by atoms with Gasteiger partial charge in [0, 0.05) is 12.8 Å². The molecule has 0 spiro atoms. The van der Waals surface area contributed by atoms with Crippen LogP contribution in [0.5, 0.6) is 0 Å². The highest BCUT2D eigenvalue weighted by molar-refractivity contribution is 7.45. The Morgan fingerprint density at radius 2 is 1.22 bits per heavy atom. The number of hydrogen-bond acceptors (Lipinski definition) is 9. The number of esters is 2. The SMILES string of the molecule is CCCCCCCCCCCCCCCCCC(=O)OC[C@H](COP(=O)([O-])OCC[N+](C)(C)C)OC(=O)CCCN. The maximum atomic E-state index is 12.2. The van der Waals surface area contributed by atoms with Gasteiger partial charge in [-0.05, 0) is 19.4 Å². The Labute approximate surface area is 250 Å². The molecule has 0 saturated carbocycles. The van der Waals surface area contributed by atoms with Gasteiger partial charge in [-0.1, -0.05) is 96.8 Å². The molecule has 0 aromatic carbocycles. The third-order valence-electron chi connectivity index (χ3n) is 6.73. The molecule has 0 aliphatic rings. The first-order valence-corrected chi connectivity index (χ1v) is 17.4. The first-order valence-electron chi connectivity index (χ1n) is 15.9. The van der Waals surface area contributed by atoms with E-state index in [1.165, 1.54) is 77.0 Å². The predicted octanol–water partition coefficient (Wildman–Crippen LogP) is 5.65. The van der Waals surface area contributed by atoms with Crippen molar-refractivity contribution in [3.05, 3.63) is 0 Å². The van der Waals surface area contributed by atoms with Gasteiger partial charge >= 0.3 is 11.9 Å².